The van der Waals surface area contributed by atoms with E-state index < -0.39 is 5.60 Å². The largest absolute Gasteiger partial charge is 0.489 e. The van der Waals surface area contributed by atoms with Gasteiger partial charge >= 0.3 is 0 Å². The lowest BCUT2D eigenvalue weighted by Crippen LogP contribution is -2.33. The summed E-state index contributed by atoms with van der Waals surface area (Å²) >= 11 is 0. The topological polar surface area (TPSA) is 68.9 Å². The first-order valence-corrected chi connectivity index (χ1v) is 12.8. The lowest BCUT2D eigenvalue weighted by molar-refractivity contribution is -0.0679. The molecule has 5 heteroatoms. The molecular formula is C33H28O5. The predicted octanol–water partition coefficient (Wildman–Crippen LogP) is 6.91. The van der Waals surface area contributed by atoms with Gasteiger partial charge in [-0.3, -0.25) is 4.79 Å². The lowest BCUT2D eigenvalue weighted by atomic mass is 9.86. The highest BCUT2D eigenvalue weighted by atomic mass is 16.5. The van der Waals surface area contributed by atoms with Crippen LogP contribution in [0.1, 0.15) is 39.9 Å². The van der Waals surface area contributed by atoms with E-state index in [0.717, 1.165) is 38.8 Å². The Morgan fingerprint density at radius 3 is 2.50 bits per heavy atom. The molecule has 0 spiro atoms. The van der Waals surface area contributed by atoms with Crippen molar-refractivity contribution in [2.75, 3.05) is 13.2 Å². The highest BCUT2D eigenvalue weighted by Crippen LogP contribution is 2.35. The van der Waals surface area contributed by atoms with Crippen LogP contribution in [0.2, 0.25) is 0 Å². The molecule has 1 aromatic heterocycles. The van der Waals surface area contributed by atoms with Crippen LogP contribution in [-0.2, 0) is 16.9 Å². The maximum absolute atomic E-state index is 13.2. The number of aliphatic hydroxyl groups is 1. The van der Waals surface area contributed by atoms with Crippen LogP contribution in [0, 0.1) is 0 Å². The van der Waals surface area contributed by atoms with E-state index in [1.54, 1.807) is 12.5 Å². The zero-order valence-corrected chi connectivity index (χ0v) is 20.9. The van der Waals surface area contributed by atoms with Crippen LogP contribution in [0.5, 0.6) is 5.75 Å². The lowest BCUT2D eigenvalue weighted by Gasteiger charge is -2.32. The minimum Gasteiger partial charge on any atom is -0.489 e. The minimum absolute atomic E-state index is 0.0244. The van der Waals surface area contributed by atoms with Gasteiger partial charge in [0.15, 0.2) is 5.78 Å². The molecule has 2 heterocycles. The molecule has 0 bridgehead atoms. The van der Waals surface area contributed by atoms with Gasteiger partial charge in [0, 0.05) is 42.7 Å². The van der Waals surface area contributed by atoms with Gasteiger partial charge in [-0.15, -0.1) is 0 Å². The molecule has 38 heavy (non-hydrogen) atoms. The Morgan fingerprint density at radius 2 is 1.71 bits per heavy atom. The molecule has 1 N–H and O–H groups in total. The van der Waals surface area contributed by atoms with Crippen LogP contribution < -0.4 is 4.74 Å². The molecule has 1 fully saturated rings. The van der Waals surface area contributed by atoms with Gasteiger partial charge in [0.2, 0.25) is 0 Å². The van der Waals surface area contributed by atoms with Gasteiger partial charge in [0.1, 0.15) is 12.4 Å². The summed E-state index contributed by atoms with van der Waals surface area (Å²) in [5, 5.41) is 13.0. The highest BCUT2D eigenvalue weighted by Gasteiger charge is 2.31. The summed E-state index contributed by atoms with van der Waals surface area (Å²) in [5.74, 6) is 0.697. The van der Waals surface area contributed by atoms with E-state index >= 15 is 0 Å². The van der Waals surface area contributed by atoms with Gasteiger partial charge in [-0.1, -0.05) is 54.6 Å². The van der Waals surface area contributed by atoms with Crippen molar-refractivity contribution in [2.45, 2.75) is 25.0 Å². The summed E-state index contributed by atoms with van der Waals surface area (Å²) in [6.45, 7) is 1.50. The molecule has 0 amide bonds. The van der Waals surface area contributed by atoms with Crippen LogP contribution in [0.25, 0.3) is 21.9 Å². The smallest absolute Gasteiger partial charge is 0.193 e. The Bertz CT molecular complexity index is 1560. The molecule has 0 unspecified atom stereocenters. The van der Waals surface area contributed by atoms with E-state index in [0.29, 0.717) is 43.8 Å². The van der Waals surface area contributed by atoms with Crippen LogP contribution in [0.4, 0.5) is 0 Å². The van der Waals surface area contributed by atoms with Gasteiger partial charge in [-0.05, 0) is 63.9 Å². The van der Waals surface area contributed by atoms with Gasteiger partial charge in [-0.2, -0.15) is 0 Å². The minimum atomic E-state index is -0.856. The monoisotopic (exact) mass is 504 g/mol. The van der Waals surface area contributed by atoms with Crippen molar-refractivity contribution < 1.29 is 23.8 Å². The van der Waals surface area contributed by atoms with Gasteiger partial charge in [0.05, 0.1) is 18.1 Å². The fourth-order valence-corrected chi connectivity index (χ4v) is 5.09. The average Bonchev–Trinajstić information content (AvgIpc) is 3.51. The number of carbonyl (C=O) groups excluding carboxylic acids is 1. The first kappa shape index (κ1) is 24.2. The van der Waals surface area contributed by atoms with Crippen LogP contribution in [0.3, 0.4) is 0 Å². The number of furan rings is 1. The van der Waals surface area contributed by atoms with E-state index in [-0.39, 0.29) is 5.78 Å². The van der Waals surface area contributed by atoms with Crippen molar-refractivity contribution in [1.29, 1.82) is 0 Å². The number of hydrogen-bond donors (Lipinski definition) is 1. The van der Waals surface area contributed by atoms with Gasteiger partial charge in [-0.25, -0.2) is 0 Å². The van der Waals surface area contributed by atoms with Gasteiger partial charge in [0.25, 0.3) is 0 Å². The van der Waals surface area contributed by atoms with Crippen molar-refractivity contribution in [3.63, 3.8) is 0 Å². The Balaban J connectivity index is 1.30. The number of benzene rings is 4. The second kappa shape index (κ2) is 10.3. The molecule has 190 valence electrons. The van der Waals surface area contributed by atoms with Crippen molar-refractivity contribution in [2.24, 2.45) is 0 Å². The SMILES string of the molecule is O=C(c1ccccc1)c1cc(-c2ccoc2)c2cc(OCc3cccc(C4(O)CCOCC4)c3)ccc2c1. The maximum Gasteiger partial charge on any atom is 0.193 e. The Hall–Kier alpha value is -4.19. The number of fused-ring (bicyclic) bond motifs is 1. The molecule has 1 aliphatic heterocycles. The first-order valence-electron chi connectivity index (χ1n) is 12.8. The van der Waals surface area contributed by atoms with Crippen molar-refractivity contribution >= 4 is 16.6 Å². The summed E-state index contributed by atoms with van der Waals surface area (Å²) in [6.07, 6.45) is 4.50. The van der Waals surface area contributed by atoms with E-state index in [2.05, 4.69) is 0 Å². The summed E-state index contributed by atoms with van der Waals surface area (Å²) in [5.41, 5.74) is 4.11. The second-order valence-corrected chi connectivity index (χ2v) is 9.75. The summed E-state index contributed by atoms with van der Waals surface area (Å²) in [6, 6.07) is 28.9. The van der Waals surface area contributed by atoms with E-state index in [9.17, 15) is 9.90 Å². The third kappa shape index (κ3) is 4.86. The number of hydrogen-bond acceptors (Lipinski definition) is 5. The Morgan fingerprint density at radius 1 is 0.868 bits per heavy atom. The average molecular weight is 505 g/mol. The third-order valence-corrected chi connectivity index (χ3v) is 7.25. The second-order valence-electron chi connectivity index (χ2n) is 9.75. The number of ether oxygens (including phenoxy) is 2. The van der Waals surface area contributed by atoms with E-state index in [1.807, 2.05) is 91.0 Å². The number of carbonyl (C=O) groups is 1. The molecule has 4 aromatic carbocycles. The summed E-state index contributed by atoms with van der Waals surface area (Å²) < 4.78 is 17.0. The molecule has 1 aliphatic rings. The fraction of sp³-hybridized carbons (Fsp3) is 0.182. The van der Waals surface area contributed by atoms with E-state index in [1.165, 1.54) is 0 Å². The predicted molar refractivity (Wildman–Crippen MR) is 146 cm³/mol. The molecule has 6 rings (SSSR count). The maximum atomic E-state index is 13.2. The van der Waals surface area contributed by atoms with E-state index in [4.69, 9.17) is 13.9 Å². The molecule has 0 atom stereocenters. The third-order valence-electron chi connectivity index (χ3n) is 7.25. The molecular weight excluding hydrogens is 476 g/mol. The first-order chi connectivity index (χ1) is 18.6. The normalized spacial score (nSPS) is 14.9. The van der Waals surface area contributed by atoms with Gasteiger partial charge < -0.3 is 19.0 Å². The summed E-state index contributed by atoms with van der Waals surface area (Å²) in [7, 11) is 0. The molecule has 0 aliphatic carbocycles. The molecule has 1 saturated heterocycles. The number of rotatable bonds is 7. The number of ketones is 1. The van der Waals surface area contributed by atoms with Crippen LogP contribution in [-0.4, -0.2) is 24.1 Å². The quantitative estimate of drug-likeness (QED) is 0.244. The summed E-state index contributed by atoms with van der Waals surface area (Å²) in [4.78, 5) is 13.2. The molecule has 5 nitrogen and oxygen atoms in total. The Labute approximate surface area is 221 Å². The highest BCUT2D eigenvalue weighted by molar-refractivity contribution is 6.13. The molecule has 0 saturated carbocycles. The van der Waals surface area contributed by atoms with Crippen LogP contribution >= 0.6 is 0 Å². The molecule has 0 radical (unpaired) electrons. The Kier molecular flexibility index (Phi) is 6.54. The van der Waals surface area contributed by atoms with Crippen LogP contribution in [0.15, 0.2) is 108 Å². The van der Waals surface area contributed by atoms with Crippen molar-refractivity contribution in [1.82, 2.24) is 0 Å². The fourth-order valence-electron chi connectivity index (χ4n) is 5.09. The van der Waals surface area contributed by atoms with Crippen molar-refractivity contribution in [3.8, 4) is 16.9 Å². The zero-order chi connectivity index (χ0) is 26.0. The zero-order valence-electron chi connectivity index (χ0n) is 20.9. The standard InChI is InChI=1S/C33H28O5/c34-32(24-6-2-1-3-7-24)27-18-25-9-10-29(20-31(25)30(19-27)26-11-14-37-22-26)38-21-23-5-4-8-28(17-23)33(35)12-15-36-16-13-33/h1-11,14,17-20,22,35H,12-13,15-16,21H2. The van der Waals surface area contributed by atoms with Crippen molar-refractivity contribution in [3.05, 3.63) is 126 Å². The molecule has 5 aromatic rings.